The van der Waals surface area contributed by atoms with Crippen LogP contribution in [0.4, 0.5) is 4.79 Å². The van der Waals surface area contributed by atoms with Crippen molar-refractivity contribution in [2.45, 2.75) is 19.4 Å². The molecule has 1 atom stereocenters. The van der Waals surface area contributed by atoms with Crippen molar-refractivity contribution in [2.75, 3.05) is 6.54 Å². The molecule has 0 aliphatic heterocycles. The molecule has 1 aromatic rings. The molecule has 7 heteroatoms. The van der Waals surface area contributed by atoms with E-state index in [0.29, 0.717) is 6.54 Å². The molecule has 1 aromatic heterocycles. The second kappa shape index (κ2) is 6.00. The Bertz CT molecular complexity index is 401. The normalized spacial score (nSPS) is 12.1. The molecule has 0 radical (unpaired) electrons. The van der Waals surface area contributed by atoms with Crippen molar-refractivity contribution in [1.29, 1.82) is 0 Å². The first-order chi connectivity index (χ1) is 7.99. The molecular weight excluding hydrogens is 222 g/mol. The molecule has 94 valence electrons. The Kier molecular flexibility index (Phi) is 4.65. The summed E-state index contributed by atoms with van der Waals surface area (Å²) in [7, 11) is 1.85. The zero-order valence-electron chi connectivity index (χ0n) is 9.93. The highest BCUT2D eigenvalue weighted by atomic mass is 16.2. The molecular formula is C10H17N5O2. The average molecular weight is 239 g/mol. The number of primary amides is 1. The number of nitrogens with one attached hydrogen (secondary N) is 2. The third kappa shape index (κ3) is 4.64. The van der Waals surface area contributed by atoms with Gasteiger partial charge in [-0.3, -0.25) is 14.8 Å². The molecule has 0 aliphatic carbocycles. The highest BCUT2D eigenvalue weighted by Gasteiger charge is 2.13. The first kappa shape index (κ1) is 13.2. The van der Waals surface area contributed by atoms with Gasteiger partial charge in [-0.2, -0.15) is 5.10 Å². The number of aromatic nitrogens is 2. The fraction of sp³-hybridized carbons (Fsp3) is 0.500. The highest BCUT2D eigenvalue weighted by molar-refractivity contribution is 5.96. The van der Waals surface area contributed by atoms with E-state index in [4.69, 9.17) is 5.73 Å². The second-order valence-electron chi connectivity index (χ2n) is 3.80. The molecule has 0 fully saturated rings. The quantitative estimate of drug-likeness (QED) is 0.622. The lowest BCUT2D eigenvalue weighted by atomic mass is 10.2. The maximum absolute atomic E-state index is 11.3. The van der Waals surface area contributed by atoms with Crippen LogP contribution in [0.2, 0.25) is 0 Å². The van der Waals surface area contributed by atoms with Gasteiger partial charge in [-0.15, -0.1) is 0 Å². The molecule has 0 bridgehead atoms. The van der Waals surface area contributed by atoms with Crippen LogP contribution in [0.15, 0.2) is 12.4 Å². The Morgan fingerprint density at radius 2 is 2.29 bits per heavy atom. The van der Waals surface area contributed by atoms with E-state index in [0.717, 1.165) is 12.0 Å². The van der Waals surface area contributed by atoms with Gasteiger partial charge in [0.15, 0.2) is 0 Å². The van der Waals surface area contributed by atoms with E-state index in [1.165, 1.54) is 0 Å². The van der Waals surface area contributed by atoms with Gasteiger partial charge in [0, 0.05) is 19.8 Å². The molecule has 4 N–H and O–H groups in total. The number of hydrogen-bond donors (Lipinski definition) is 3. The Morgan fingerprint density at radius 3 is 2.82 bits per heavy atom. The van der Waals surface area contributed by atoms with E-state index >= 15 is 0 Å². The zero-order chi connectivity index (χ0) is 12.8. The van der Waals surface area contributed by atoms with Crippen LogP contribution < -0.4 is 16.4 Å². The van der Waals surface area contributed by atoms with Crippen molar-refractivity contribution in [3.63, 3.8) is 0 Å². The Morgan fingerprint density at radius 1 is 1.59 bits per heavy atom. The molecule has 1 heterocycles. The van der Waals surface area contributed by atoms with Gasteiger partial charge < -0.3 is 11.1 Å². The summed E-state index contributed by atoms with van der Waals surface area (Å²) in [5.41, 5.74) is 5.93. The van der Waals surface area contributed by atoms with Gasteiger partial charge in [0.05, 0.1) is 12.2 Å². The number of amides is 3. The summed E-state index contributed by atoms with van der Waals surface area (Å²) in [4.78, 5) is 21.8. The van der Waals surface area contributed by atoms with E-state index < -0.39 is 18.0 Å². The van der Waals surface area contributed by atoms with Gasteiger partial charge >= 0.3 is 6.03 Å². The Hall–Kier alpha value is -1.89. The predicted molar refractivity (Wildman–Crippen MR) is 62.1 cm³/mol. The molecule has 7 nitrogen and oxygen atoms in total. The number of carbonyl (C=O) groups excluding carboxylic acids is 2. The molecule has 17 heavy (non-hydrogen) atoms. The van der Waals surface area contributed by atoms with Crippen molar-refractivity contribution in [3.05, 3.63) is 18.0 Å². The largest absolute Gasteiger partial charge is 0.351 e. The molecule has 1 unspecified atom stereocenters. The van der Waals surface area contributed by atoms with Crippen molar-refractivity contribution >= 4 is 11.9 Å². The average Bonchev–Trinajstić information content (AvgIpc) is 2.63. The molecule has 0 aliphatic rings. The van der Waals surface area contributed by atoms with Crippen LogP contribution in [0.3, 0.4) is 0 Å². The Labute approximate surface area is 99.4 Å². The summed E-state index contributed by atoms with van der Waals surface area (Å²) in [5, 5.41) is 9.04. The number of imide groups is 1. The maximum Gasteiger partial charge on any atom is 0.318 e. The van der Waals surface area contributed by atoms with Crippen molar-refractivity contribution in [3.8, 4) is 0 Å². The van der Waals surface area contributed by atoms with Gasteiger partial charge in [0.25, 0.3) is 0 Å². The fourth-order valence-electron chi connectivity index (χ4n) is 1.36. The van der Waals surface area contributed by atoms with E-state index in [9.17, 15) is 9.59 Å². The summed E-state index contributed by atoms with van der Waals surface area (Å²) < 4.78 is 1.72. The first-order valence-electron chi connectivity index (χ1n) is 5.30. The topological polar surface area (TPSA) is 102 Å². The number of nitrogens with two attached hydrogens (primary N) is 1. The summed E-state index contributed by atoms with van der Waals surface area (Å²) in [6.07, 6.45) is 4.45. The molecule has 0 saturated carbocycles. The van der Waals surface area contributed by atoms with Crippen LogP contribution in [-0.4, -0.2) is 34.3 Å². The highest BCUT2D eigenvalue weighted by Crippen LogP contribution is 1.96. The summed E-state index contributed by atoms with van der Waals surface area (Å²) >= 11 is 0. The minimum Gasteiger partial charge on any atom is -0.351 e. The number of carbonyl (C=O) groups is 2. The number of hydrogen-bond acceptors (Lipinski definition) is 4. The molecule has 0 aromatic carbocycles. The van der Waals surface area contributed by atoms with E-state index in [1.54, 1.807) is 17.8 Å². The summed E-state index contributed by atoms with van der Waals surface area (Å²) in [5.74, 6) is -0.427. The maximum atomic E-state index is 11.3. The standard InChI is InChI=1S/C10H17N5O2/c1-7(9(16)14-10(11)17)12-4-3-8-5-13-15(2)6-8/h5-7,12H,3-4H2,1-2H3,(H3,11,14,16,17). The van der Waals surface area contributed by atoms with Crippen LogP contribution in [0, 0.1) is 0 Å². The van der Waals surface area contributed by atoms with Crippen LogP contribution in [0.25, 0.3) is 0 Å². The van der Waals surface area contributed by atoms with Gasteiger partial charge in [-0.25, -0.2) is 4.79 Å². The molecule has 1 rings (SSSR count). The number of aryl methyl sites for hydroxylation is 1. The van der Waals surface area contributed by atoms with Crippen molar-refractivity contribution < 1.29 is 9.59 Å². The van der Waals surface area contributed by atoms with Crippen molar-refractivity contribution in [2.24, 2.45) is 12.8 Å². The molecule has 0 saturated heterocycles. The third-order valence-corrected chi connectivity index (χ3v) is 2.26. The predicted octanol–water partition coefficient (Wildman–Crippen LogP) is -0.864. The zero-order valence-corrected chi connectivity index (χ0v) is 9.93. The van der Waals surface area contributed by atoms with E-state index in [1.807, 2.05) is 18.6 Å². The van der Waals surface area contributed by atoms with E-state index in [-0.39, 0.29) is 0 Å². The van der Waals surface area contributed by atoms with Crippen LogP contribution in [-0.2, 0) is 18.3 Å². The molecule has 0 spiro atoms. The van der Waals surface area contributed by atoms with E-state index in [2.05, 4.69) is 10.4 Å². The number of rotatable bonds is 5. The van der Waals surface area contributed by atoms with Gasteiger partial charge in [-0.05, 0) is 18.9 Å². The monoisotopic (exact) mass is 239 g/mol. The first-order valence-corrected chi connectivity index (χ1v) is 5.30. The van der Waals surface area contributed by atoms with Gasteiger partial charge in [0.1, 0.15) is 0 Å². The Balaban J connectivity index is 2.26. The second-order valence-corrected chi connectivity index (χ2v) is 3.80. The third-order valence-electron chi connectivity index (χ3n) is 2.26. The summed E-state index contributed by atoms with van der Waals surface area (Å²) in [6, 6.07) is -1.30. The lowest BCUT2D eigenvalue weighted by molar-refractivity contribution is -0.121. The van der Waals surface area contributed by atoms with Crippen LogP contribution >= 0.6 is 0 Å². The minimum absolute atomic E-state index is 0.427. The van der Waals surface area contributed by atoms with Crippen molar-refractivity contribution in [1.82, 2.24) is 20.4 Å². The lowest BCUT2D eigenvalue weighted by Crippen LogP contribution is -2.46. The van der Waals surface area contributed by atoms with Gasteiger partial charge in [-0.1, -0.05) is 0 Å². The molecule has 3 amide bonds. The fourth-order valence-corrected chi connectivity index (χ4v) is 1.36. The van der Waals surface area contributed by atoms with Crippen LogP contribution in [0.1, 0.15) is 12.5 Å². The summed E-state index contributed by atoms with van der Waals surface area (Å²) in [6.45, 7) is 2.29. The van der Waals surface area contributed by atoms with Crippen LogP contribution in [0.5, 0.6) is 0 Å². The van der Waals surface area contributed by atoms with Gasteiger partial charge in [0.2, 0.25) is 5.91 Å². The smallest absolute Gasteiger partial charge is 0.318 e. The SMILES string of the molecule is CC(NCCc1cnn(C)c1)C(=O)NC(N)=O. The minimum atomic E-state index is -0.837. The number of nitrogens with zero attached hydrogens (tertiary/aromatic N) is 2. The number of urea groups is 1. The lowest BCUT2D eigenvalue weighted by Gasteiger charge is -2.11.